The van der Waals surface area contributed by atoms with Crippen LogP contribution in [-0.4, -0.2) is 29.4 Å². The Morgan fingerprint density at radius 1 is 1.45 bits per heavy atom. The van der Waals surface area contributed by atoms with Gasteiger partial charge in [-0.05, 0) is 55.7 Å². The Balaban J connectivity index is 1.82. The molecule has 1 fully saturated rings. The van der Waals surface area contributed by atoms with Crippen LogP contribution in [0.3, 0.4) is 0 Å². The van der Waals surface area contributed by atoms with Crippen LogP contribution in [0.4, 0.5) is 0 Å². The van der Waals surface area contributed by atoms with Crippen LogP contribution in [0.15, 0.2) is 35.2 Å². The molecule has 1 aromatic rings. The predicted octanol–water partition coefficient (Wildman–Crippen LogP) is 2.70. The molecule has 1 aliphatic rings. The van der Waals surface area contributed by atoms with Crippen molar-refractivity contribution in [3.63, 3.8) is 0 Å². The van der Waals surface area contributed by atoms with E-state index in [0.717, 1.165) is 18.4 Å². The second-order valence-electron chi connectivity index (χ2n) is 5.46. The Labute approximate surface area is 124 Å². The molecule has 1 aliphatic carbocycles. The van der Waals surface area contributed by atoms with E-state index in [-0.39, 0.29) is 5.91 Å². The third-order valence-electron chi connectivity index (χ3n) is 3.62. The summed E-state index contributed by atoms with van der Waals surface area (Å²) in [6.45, 7) is 2.10. The Morgan fingerprint density at radius 3 is 2.65 bits per heavy atom. The maximum Gasteiger partial charge on any atom is 0.244 e. The molecule has 0 radical (unpaired) electrons. The number of hydrogen-bond acceptors (Lipinski definition) is 3. The number of carbonyl (C=O) groups is 1. The zero-order valence-corrected chi connectivity index (χ0v) is 12.7. The van der Waals surface area contributed by atoms with Crippen molar-refractivity contribution in [2.24, 2.45) is 5.92 Å². The summed E-state index contributed by atoms with van der Waals surface area (Å²) < 4.78 is 0. The van der Waals surface area contributed by atoms with E-state index in [2.05, 4.69) is 5.32 Å². The molecule has 0 unspecified atom stereocenters. The highest BCUT2D eigenvalue weighted by Crippen LogP contribution is 2.38. The van der Waals surface area contributed by atoms with Crippen molar-refractivity contribution in [2.75, 3.05) is 12.8 Å². The van der Waals surface area contributed by atoms with Crippen LogP contribution < -0.4 is 5.32 Å². The molecule has 0 spiro atoms. The molecule has 0 heterocycles. The van der Waals surface area contributed by atoms with E-state index >= 15 is 0 Å². The molecular formula is C16H21NO2S. The normalized spacial score (nSPS) is 17.9. The first-order valence-electron chi connectivity index (χ1n) is 6.83. The zero-order valence-electron chi connectivity index (χ0n) is 11.9. The van der Waals surface area contributed by atoms with Crippen molar-refractivity contribution in [3.05, 3.63) is 35.9 Å². The summed E-state index contributed by atoms with van der Waals surface area (Å²) in [7, 11) is 0. The Kier molecular flexibility index (Phi) is 4.89. The van der Waals surface area contributed by atoms with E-state index in [1.54, 1.807) is 24.8 Å². The van der Waals surface area contributed by atoms with Gasteiger partial charge >= 0.3 is 0 Å². The van der Waals surface area contributed by atoms with E-state index in [9.17, 15) is 9.90 Å². The van der Waals surface area contributed by atoms with E-state index < -0.39 is 5.60 Å². The molecule has 0 saturated heterocycles. The molecule has 0 aliphatic heterocycles. The van der Waals surface area contributed by atoms with Crippen LogP contribution in [0.1, 0.15) is 25.3 Å². The minimum Gasteiger partial charge on any atom is -0.388 e. The maximum atomic E-state index is 11.7. The standard InChI is InChI=1S/C16H21NO2S/c1-16(19,13-6-7-13)11-17-15(18)10-5-12-3-8-14(20-2)9-4-12/h3-5,8-10,13,19H,6-7,11H2,1-2H3,(H,17,18)/b10-5+/t16-/m1/s1. The first kappa shape index (κ1) is 15.1. The fraction of sp³-hybridized carbons (Fsp3) is 0.438. The molecule has 2 N–H and O–H groups in total. The smallest absolute Gasteiger partial charge is 0.244 e. The molecule has 1 saturated carbocycles. The molecular weight excluding hydrogens is 270 g/mol. The van der Waals surface area contributed by atoms with Gasteiger partial charge in [-0.2, -0.15) is 0 Å². The van der Waals surface area contributed by atoms with E-state index in [4.69, 9.17) is 0 Å². The third kappa shape index (κ3) is 4.39. The molecule has 0 aromatic heterocycles. The van der Waals surface area contributed by atoms with Crippen molar-refractivity contribution in [2.45, 2.75) is 30.3 Å². The van der Waals surface area contributed by atoms with Crippen LogP contribution in [0.25, 0.3) is 6.08 Å². The van der Waals surface area contributed by atoms with Gasteiger partial charge in [-0.25, -0.2) is 0 Å². The number of nitrogens with one attached hydrogen (secondary N) is 1. The summed E-state index contributed by atoms with van der Waals surface area (Å²) in [6, 6.07) is 8.02. The van der Waals surface area contributed by atoms with Crippen molar-refractivity contribution in [1.82, 2.24) is 5.32 Å². The van der Waals surface area contributed by atoms with Crippen LogP contribution in [0, 0.1) is 5.92 Å². The van der Waals surface area contributed by atoms with Crippen molar-refractivity contribution in [3.8, 4) is 0 Å². The second-order valence-corrected chi connectivity index (χ2v) is 6.34. The van der Waals surface area contributed by atoms with Gasteiger partial charge in [0.05, 0.1) is 5.60 Å². The fourth-order valence-corrected chi connectivity index (χ4v) is 2.47. The number of thioether (sulfide) groups is 1. The van der Waals surface area contributed by atoms with E-state index in [1.165, 1.54) is 11.0 Å². The minimum atomic E-state index is -0.774. The summed E-state index contributed by atoms with van der Waals surface area (Å²) in [5.41, 5.74) is 0.218. The Bertz CT molecular complexity index is 490. The van der Waals surface area contributed by atoms with Crippen LogP contribution >= 0.6 is 11.8 Å². The largest absolute Gasteiger partial charge is 0.388 e. The first-order chi connectivity index (χ1) is 9.51. The number of aliphatic hydroxyl groups is 1. The summed E-state index contributed by atoms with van der Waals surface area (Å²) in [6.07, 6.45) is 7.44. The van der Waals surface area contributed by atoms with Gasteiger partial charge in [-0.3, -0.25) is 4.79 Å². The lowest BCUT2D eigenvalue weighted by Gasteiger charge is -2.22. The van der Waals surface area contributed by atoms with Crippen LogP contribution in [0.2, 0.25) is 0 Å². The number of hydrogen-bond donors (Lipinski definition) is 2. The molecule has 108 valence electrons. The van der Waals surface area contributed by atoms with Crippen molar-refractivity contribution >= 4 is 23.7 Å². The number of benzene rings is 1. The monoisotopic (exact) mass is 291 g/mol. The lowest BCUT2D eigenvalue weighted by molar-refractivity contribution is -0.117. The Morgan fingerprint density at radius 2 is 2.10 bits per heavy atom. The lowest BCUT2D eigenvalue weighted by atomic mass is 10.0. The van der Waals surface area contributed by atoms with Gasteiger partial charge in [0.2, 0.25) is 5.91 Å². The summed E-state index contributed by atoms with van der Waals surface area (Å²) in [4.78, 5) is 12.9. The van der Waals surface area contributed by atoms with Gasteiger partial charge in [0.1, 0.15) is 0 Å². The number of rotatable bonds is 6. The summed E-state index contributed by atoms with van der Waals surface area (Å²) >= 11 is 1.69. The number of amides is 1. The van der Waals surface area contributed by atoms with Crippen molar-refractivity contribution < 1.29 is 9.90 Å². The Hall–Kier alpha value is -1.26. The van der Waals surface area contributed by atoms with E-state index in [1.807, 2.05) is 30.5 Å². The predicted molar refractivity (Wildman–Crippen MR) is 83.6 cm³/mol. The summed E-state index contributed by atoms with van der Waals surface area (Å²) in [5, 5.41) is 12.9. The molecule has 3 nitrogen and oxygen atoms in total. The van der Waals surface area contributed by atoms with Crippen LogP contribution in [-0.2, 0) is 4.79 Å². The molecule has 20 heavy (non-hydrogen) atoms. The summed E-state index contributed by atoms with van der Waals surface area (Å²) in [5.74, 6) is 0.172. The third-order valence-corrected chi connectivity index (χ3v) is 4.36. The molecule has 1 aromatic carbocycles. The molecule has 1 atom stereocenters. The van der Waals surface area contributed by atoms with Gasteiger partial charge in [0.25, 0.3) is 0 Å². The lowest BCUT2D eigenvalue weighted by Crippen LogP contribution is -2.41. The van der Waals surface area contributed by atoms with Gasteiger partial charge in [0.15, 0.2) is 0 Å². The fourth-order valence-electron chi connectivity index (χ4n) is 2.06. The van der Waals surface area contributed by atoms with Gasteiger partial charge in [-0.15, -0.1) is 11.8 Å². The number of carbonyl (C=O) groups excluding carboxylic acids is 1. The minimum absolute atomic E-state index is 0.167. The average Bonchev–Trinajstić information content (AvgIpc) is 3.28. The van der Waals surface area contributed by atoms with Crippen LogP contribution in [0.5, 0.6) is 0 Å². The van der Waals surface area contributed by atoms with E-state index in [0.29, 0.717) is 12.5 Å². The topological polar surface area (TPSA) is 49.3 Å². The van der Waals surface area contributed by atoms with Gasteiger partial charge in [0, 0.05) is 17.5 Å². The SMILES string of the molecule is CSc1ccc(/C=C/C(=O)NC[C@@](C)(O)C2CC2)cc1. The first-order valence-corrected chi connectivity index (χ1v) is 8.06. The zero-order chi connectivity index (χ0) is 14.6. The average molecular weight is 291 g/mol. The molecule has 0 bridgehead atoms. The highest BCUT2D eigenvalue weighted by Gasteiger charge is 2.39. The highest BCUT2D eigenvalue weighted by molar-refractivity contribution is 7.98. The second kappa shape index (κ2) is 6.46. The molecule has 4 heteroatoms. The molecule has 2 rings (SSSR count). The van der Waals surface area contributed by atoms with Gasteiger partial charge < -0.3 is 10.4 Å². The van der Waals surface area contributed by atoms with Crippen molar-refractivity contribution in [1.29, 1.82) is 0 Å². The van der Waals surface area contributed by atoms with Gasteiger partial charge in [-0.1, -0.05) is 12.1 Å². The maximum absolute atomic E-state index is 11.7. The molecule has 1 amide bonds. The quantitative estimate of drug-likeness (QED) is 0.626. The highest BCUT2D eigenvalue weighted by atomic mass is 32.2.